The van der Waals surface area contributed by atoms with Gasteiger partial charge in [0, 0.05) is 80.4 Å². The van der Waals surface area contributed by atoms with Crippen molar-refractivity contribution >= 4 is 70.3 Å². The molecule has 8 rings (SSSR count). The molecule has 2 aliphatic heterocycles. The number of aryl methyl sites for hydroxylation is 1. The summed E-state index contributed by atoms with van der Waals surface area (Å²) >= 11 is 0. The van der Waals surface area contributed by atoms with E-state index in [-0.39, 0.29) is 116 Å². The highest BCUT2D eigenvalue weighted by Gasteiger charge is 2.51. The zero-order chi connectivity index (χ0) is 69.2. The van der Waals surface area contributed by atoms with Crippen molar-refractivity contribution in [1.29, 1.82) is 0 Å². The standard InChI is InChI=1S/C68H86N10O15SSi/c1-10-53-54-34-52(93-95(8,9)67(4,5)6)27-28-58(54)74-61-55(53)40-78-59(61)35-57-56(63(78)83)44-90-64(84)68(57,11-2)92-66(85)91-41-45-23-25-48(26-24-45)73-62(82)47(20-16-17-29-69-12-3)33-51(80)43-89-42-50(79)21-18-31-88-32-30-77-39-49(75-76-77)38-70-60(81)22-15-13-14-19-46-36-71-65(72-37-46)94(7,86)87/h23-28,34-37,39,47,69H,10-13,15-18,20-22,29-33,38,40-44H2,1-9H3,(H,70,81)(H,73,82)/t47-,68+/m1/s1/i3T. The summed E-state index contributed by atoms with van der Waals surface area (Å²) in [6.45, 7) is 16.3. The number of cyclic esters (lactones) is 1. The third-order valence-electron chi connectivity index (χ3n) is 17.0. The first-order valence-corrected chi connectivity index (χ1v) is 36.8. The number of pyridine rings is 2. The van der Waals surface area contributed by atoms with E-state index < -0.39 is 47.7 Å². The van der Waals surface area contributed by atoms with Gasteiger partial charge < -0.3 is 48.6 Å². The summed E-state index contributed by atoms with van der Waals surface area (Å²) in [5, 5.41) is 17.7. The smallest absolute Gasteiger partial charge is 0.510 e. The number of nitrogens with zero attached hydrogens (tertiary/aromatic N) is 7. The topological polar surface area (TPSA) is 319 Å². The van der Waals surface area contributed by atoms with Crippen molar-refractivity contribution in [2.45, 2.75) is 174 Å². The number of fused-ring (bicyclic) bond motifs is 5. The van der Waals surface area contributed by atoms with Gasteiger partial charge in [0.25, 0.3) is 5.56 Å². The molecule has 3 N–H and O–H groups in total. The van der Waals surface area contributed by atoms with Crippen molar-refractivity contribution in [2.24, 2.45) is 5.92 Å². The van der Waals surface area contributed by atoms with Crippen LogP contribution in [0.2, 0.25) is 18.1 Å². The molecule has 25 nitrogen and oxygen atoms in total. The molecule has 2 atom stereocenters. The number of ether oxygens (including phenoxy) is 5. The van der Waals surface area contributed by atoms with Crippen LogP contribution in [-0.2, 0) is 102 Å². The van der Waals surface area contributed by atoms with Crippen molar-refractivity contribution < 1.29 is 66.7 Å². The maximum absolute atomic E-state index is 14.4. The molecule has 0 aliphatic carbocycles. The molecule has 0 unspecified atom stereocenters. The van der Waals surface area contributed by atoms with E-state index in [1.807, 2.05) is 18.2 Å². The van der Waals surface area contributed by atoms with Crippen molar-refractivity contribution in [3.05, 3.63) is 117 Å². The molecular formula is C68H86N10O15SSi. The molecule has 0 radical (unpaired) electrons. The molecule has 95 heavy (non-hydrogen) atoms. The van der Waals surface area contributed by atoms with E-state index in [1.165, 1.54) is 12.4 Å². The summed E-state index contributed by atoms with van der Waals surface area (Å²) < 4.78 is 68.5. The molecule has 2 aliphatic rings. The summed E-state index contributed by atoms with van der Waals surface area (Å²) in [6.07, 6.45) is 8.20. The number of unbranched alkanes of at least 4 members (excludes halogenated alkanes) is 2. The SMILES string of the molecule is [3H]CCNCCCC[C@H](CC(=O)COCC(=O)CCCOCCn1cc(CNC(=O)CCCC#Cc2cnc(S(C)(=O)=O)nc2)nn1)C(=O)Nc1ccc(COC(=O)O[C@]2(CC)C(=O)OCc3c2cc2n(c3=O)Cc3c-2nc2ccc(O[Si](C)(C)C(C)(C)C)cc2c3CC)cc1. The third kappa shape index (κ3) is 19.1. The Balaban J connectivity index is 0.761. The number of hydrogen-bond donors (Lipinski definition) is 3. The van der Waals surface area contributed by atoms with Gasteiger partial charge in [-0.2, -0.15) is 0 Å². The maximum atomic E-state index is 14.4. The van der Waals surface area contributed by atoms with Crippen LogP contribution < -0.4 is 25.9 Å². The molecule has 0 saturated carbocycles. The number of ketones is 2. The minimum Gasteiger partial charge on any atom is -0.543 e. The van der Waals surface area contributed by atoms with E-state index in [0.717, 1.165) is 40.5 Å². The molecule has 0 bridgehead atoms. The summed E-state index contributed by atoms with van der Waals surface area (Å²) in [7, 11) is -5.65. The zero-order valence-corrected chi connectivity index (χ0v) is 57.2. The van der Waals surface area contributed by atoms with Gasteiger partial charge in [-0.1, -0.05) is 77.1 Å². The van der Waals surface area contributed by atoms with Gasteiger partial charge >= 0.3 is 12.1 Å². The normalized spacial score (nSPS) is 14.7. The largest absolute Gasteiger partial charge is 0.543 e. The van der Waals surface area contributed by atoms with Crippen molar-refractivity contribution in [3.63, 3.8) is 0 Å². The van der Waals surface area contributed by atoms with Gasteiger partial charge in [0.05, 0.1) is 60.5 Å². The van der Waals surface area contributed by atoms with Gasteiger partial charge in [-0.15, -0.1) is 5.10 Å². The Morgan fingerprint density at radius 3 is 2.42 bits per heavy atom. The quantitative estimate of drug-likeness (QED) is 0.0112. The second-order valence-electron chi connectivity index (χ2n) is 25.1. The lowest BCUT2D eigenvalue weighted by atomic mass is 9.85. The molecule has 27 heteroatoms. The van der Waals surface area contributed by atoms with E-state index in [0.29, 0.717) is 105 Å². The number of sulfone groups is 1. The molecule has 508 valence electrons. The van der Waals surface area contributed by atoms with Crippen molar-refractivity contribution in [1.82, 2.24) is 45.1 Å². The first-order valence-electron chi connectivity index (χ1n) is 32.7. The van der Waals surface area contributed by atoms with Crippen LogP contribution in [0.1, 0.15) is 146 Å². The number of amides is 2. The number of Topliss-reactive ketones (excluding diaryl/α,β-unsaturated/α-hetero) is 2. The van der Waals surface area contributed by atoms with E-state index in [2.05, 4.69) is 88.9 Å². The van der Waals surface area contributed by atoms with Crippen LogP contribution in [-0.4, -0.2) is 133 Å². The Bertz CT molecular complexity index is 4030. The first-order chi connectivity index (χ1) is 45.8. The maximum Gasteiger partial charge on any atom is 0.510 e. The zero-order valence-electron chi connectivity index (χ0n) is 56.4. The van der Waals surface area contributed by atoms with Crippen molar-refractivity contribution in [3.8, 4) is 29.0 Å². The Morgan fingerprint density at radius 2 is 1.69 bits per heavy atom. The molecule has 0 spiro atoms. The van der Waals surface area contributed by atoms with Gasteiger partial charge in [0.2, 0.25) is 40.7 Å². The van der Waals surface area contributed by atoms with E-state index >= 15 is 0 Å². The summed E-state index contributed by atoms with van der Waals surface area (Å²) in [4.78, 5) is 107. The lowest BCUT2D eigenvalue weighted by Gasteiger charge is -2.36. The molecular weight excluding hydrogens is 1260 g/mol. The second kappa shape index (κ2) is 32.7. The number of esters is 1. The van der Waals surface area contributed by atoms with Gasteiger partial charge in [0.1, 0.15) is 37.9 Å². The minimum atomic E-state index is -3.50. The monoisotopic (exact) mass is 1340 g/mol. The van der Waals surface area contributed by atoms with E-state index in [4.69, 9.17) is 34.5 Å². The molecule has 2 aromatic carbocycles. The average molecular weight is 1350 g/mol. The molecule has 4 aromatic heterocycles. The highest BCUT2D eigenvalue weighted by molar-refractivity contribution is 7.90. The van der Waals surface area contributed by atoms with Gasteiger partial charge in [-0.3, -0.25) is 24.0 Å². The average Bonchev–Trinajstić information content (AvgIpc) is 1.48. The molecule has 0 saturated heterocycles. The Kier molecular flexibility index (Phi) is 24.4. The van der Waals surface area contributed by atoms with E-state index in [9.17, 15) is 42.0 Å². The number of benzene rings is 2. The number of anilines is 1. The number of rotatable bonds is 34. The highest BCUT2D eigenvalue weighted by Crippen LogP contribution is 2.44. The summed E-state index contributed by atoms with van der Waals surface area (Å²) in [5.41, 5.74) is 3.75. The number of carbonyl (C=O) groups is 6. The summed E-state index contributed by atoms with van der Waals surface area (Å²) in [5.74, 6) is 3.86. The second-order valence-corrected chi connectivity index (χ2v) is 31.7. The van der Waals surface area contributed by atoms with Gasteiger partial charge in [0.15, 0.2) is 11.6 Å². The van der Waals surface area contributed by atoms with Gasteiger partial charge in [-0.25, -0.2) is 37.6 Å². The van der Waals surface area contributed by atoms with Crippen LogP contribution in [0.15, 0.2) is 77.1 Å². The van der Waals surface area contributed by atoms with Crippen LogP contribution in [0.4, 0.5) is 10.5 Å². The minimum absolute atomic E-state index is 0.00749. The predicted octanol–water partition coefficient (Wildman–Crippen LogP) is 8.39. The van der Waals surface area contributed by atoms with Crippen LogP contribution in [0, 0.1) is 17.8 Å². The first kappa shape index (κ1) is 70.8. The lowest BCUT2D eigenvalue weighted by Crippen LogP contribution is -2.47. The van der Waals surface area contributed by atoms with Gasteiger partial charge in [-0.05, 0) is 117 Å². The van der Waals surface area contributed by atoms with E-state index in [1.54, 1.807) is 52.7 Å². The van der Waals surface area contributed by atoms with Crippen LogP contribution in [0.3, 0.4) is 0 Å². The molecule has 6 aromatic rings. The third-order valence-corrected chi connectivity index (χ3v) is 22.2. The predicted molar refractivity (Wildman–Crippen MR) is 355 cm³/mol. The Labute approximate surface area is 556 Å². The lowest BCUT2D eigenvalue weighted by molar-refractivity contribution is -0.175. The molecule has 0 fully saturated rings. The van der Waals surface area contributed by atoms with Crippen LogP contribution in [0.25, 0.3) is 22.3 Å². The highest BCUT2D eigenvalue weighted by atomic mass is 32.2. The number of nitrogens with one attached hydrogen (secondary N) is 3. The number of carbonyl (C=O) groups excluding carboxylic acids is 6. The van der Waals surface area contributed by atoms with Crippen molar-refractivity contribution in [2.75, 3.05) is 51.1 Å². The summed E-state index contributed by atoms with van der Waals surface area (Å²) in [6, 6.07) is 14.1. The number of hydrogen-bond acceptors (Lipinski definition) is 21. The fourth-order valence-corrected chi connectivity index (χ4v) is 12.3. The fraction of sp³-hybridized carbons (Fsp3) is 0.500. The van der Waals surface area contributed by atoms with Crippen LogP contribution >= 0.6 is 0 Å². The fourth-order valence-electron chi connectivity index (χ4n) is 10.7. The number of aromatic nitrogens is 7. The molecule has 6 heterocycles. The Morgan fingerprint density at radius 1 is 0.926 bits per heavy atom. The van der Waals surface area contributed by atoms with Crippen LogP contribution in [0.5, 0.6) is 5.75 Å². The molecule has 2 amide bonds. The Hall–Kier alpha value is -8.55.